The topological polar surface area (TPSA) is 29.1 Å². The van der Waals surface area contributed by atoms with Crippen molar-refractivity contribution >= 4 is 21.8 Å². The third-order valence-electron chi connectivity index (χ3n) is 2.98. The monoisotopic (exact) mass is 311 g/mol. The maximum absolute atomic E-state index is 11.7. The van der Waals surface area contributed by atoms with Gasteiger partial charge < -0.3 is 5.32 Å². The van der Waals surface area contributed by atoms with Crippen LogP contribution in [0.2, 0.25) is 0 Å². The summed E-state index contributed by atoms with van der Waals surface area (Å²) in [5.74, 6) is 0.393. The molecule has 0 aromatic heterocycles. The zero-order chi connectivity index (χ0) is 13.5. The van der Waals surface area contributed by atoms with E-state index in [0.29, 0.717) is 12.5 Å². The zero-order valence-electron chi connectivity index (χ0n) is 11.4. The standard InChI is InChI=1S/C15H22BrNO/c1-4-12-5-7-13(8-6-12)9-10-17-15(18)14(16)11(2)3/h5-8,11,14H,4,9-10H2,1-3H3,(H,17,18). The van der Waals surface area contributed by atoms with Crippen molar-refractivity contribution in [3.05, 3.63) is 35.4 Å². The summed E-state index contributed by atoms with van der Waals surface area (Å²) in [5.41, 5.74) is 2.62. The highest BCUT2D eigenvalue weighted by Crippen LogP contribution is 2.11. The Hall–Kier alpha value is -0.830. The molecular formula is C15H22BrNO. The van der Waals surface area contributed by atoms with Crippen molar-refractivity contribution in [2.45, 2.75) is 38.4 Å². The van der Waals surface area contributed by atoms with Crippen molar-refractivity contribution in [3.8, 4) is 0 Å². The fraction of sp³-hybridized carbons (Fsp3) is 0.533. The summed E-state index contributed by atoms with van der Waals surface area (Å²) in [6.45, 7) is 6.90. The molecule has 1 rings (SSSR count). The maximum Gasteiger partial charge on any atom is 0.234 e. The van der Waals surface area contributed by atoms with E-state index in [-0.39, 0.29) is 10.7 Å². The van der Waals surface area contributed by atoms with Gasteiger partial charge in [-0.05, 0) is 29.9 Å². The Morgan fingerprint density at radius 3 is 2.28 bits per heavy atom. The smallest absolute Gasteiger partial charge is 0.234 e. The van der Waals surface area contributed by atoms with Crippen LogP contribution in [0, 0.1) is 5.92 Å². The second kappa shape index (κ2) is 7.57. The van der Waals surface area contributed by atoms with Crippen molar-refractivity contribution in [2.75, 3.05) is 6.54 Å². The largest absolute Gasteiger partial charge is 0.355 e. The van der Waals surface area contributed by atoms with E-state index < -0.39 is 0 Å². The molecule has 3 heteroatoms. The molecule has 0 bridgehead atoms. The van der Waals surface area contributed by atoms with E-state index >= 15 is 0 Å². The minimum absolute atomic E-state index is 0.0789. The molecule has 2 nitrogen and oxygen atoms in total. The summed E-state index contributed by atoms with van der Waals surface area (Å²) in [5, 5.41) is 2.96. The number of amides is 1. The van der Waals surface area contributed by atoms with E-state index in [4.69, 9.17) is 0 Å². The van der Waals surface area contributed by atoms with Gasteiger partial charge in [-0.25, -0.2) is 0 Å². The molecular weight excluding hydrogens is 290 g/mol. The lowest BCUT2D eigenvalue weighted by Crippen LogP contribution is -2.35. The Balaban J connectivity index is 2.35. The van der Waals surface area contributed by atoms with E-state index in [1.54, 1.807) is 0 Å². The first-order valence-electron chi connectivity index (χ1n) is 6.54. The Morgan fingerprint density at radius 1 is 1.22 bits per heavy atom. The number of rotatable bonds is 6. The van der Waals surface area contributed by atoms with Gasteiger partial charge in [0.2, 0.25) is 5.91 Å². The van der Waals surface area contributed by atoms with Crippen LogP contribution in [0.1, 0.15) is 31.9 Å². The third kappa shape index (κ3) is 4.81. The van der Waals surface area contributed by atoms with Gasteiger partial charge >= 0.3 is 0 Å². The molecule has 0 aliphatic heterocycles. The number of hydrogen-bond donors (Lipinski definition) is 1. The first-order chi connectivity index (χ1) is 8.54. The summed E-state index contributed by atoms with van der Waals surface area (Å²) in [6.07, 6.45) is 1.95. The molecule has 0 radical (unpaired) electrons. The van der Waals surface area contributed by atoms with E-state index in [1.807, 2.05) is 13.8 Å². The quantitative estimate of drug-likeness (QED) is 0.802. The predicted molar refractivity (Wildman–Crippen MR) is 80.1 cm³/mol. The van der Waals surface area contributed by atoms with Crippen LogP contribution in [0.15, 0.2) is 24.3 Å². The summed E-state index contributed by atoms with van der Waals surface area (Å²) in [4.78, 5) is 11.6. The lowest BCUT2D eigenvalue weighted by molar-refractivity contribution is -0.121. The minimum Gasteiger partial charge on any atom is -0.355 e. The third-order valence-corrected chi connectivity index (χ3v) is 4.45. The fourth-order valence-electron chi connectivity index (χ4n) is 1.67. The van der Waals surface area contributed by atoms with E-state index in [2.05, 4.69) is 52.4 Å². The molecule has 1 aromatic rings. The van der Waals surface area contributed by atoms with Gasteiger partial charge in [0.05, 0.1) is 4.83 Å². The molecule has 0 aliphatic carbocycles. The number of carbonyl (C=O) groups is 1. The Bertz CT molecular complexity index is 373. The van der Waals surface area contributed by atoms with Crippen molar-refractivity contribution in [1.82, 2.24) is 5.32 Å². The zero-order valence-corrected chi connectivity index (χ0v) is 13.0. The number of benzene rings is 1. The fourth-order valence-corrected chi connectivity index (χ4v) is 1.83. The molecule has 0 fully saturated rings. The average Bonchev–Trinajstić information content (AvgIpc) is 2.38. The molecule has 0 spiro atoms. The van der Waals surface area contributed by atoms with Crippen molar-refractivity contribution < 1.29 is 4.79 Å². The van der Waals surface area contributed by atoms with Gasteiger partial charge in [-0.2, -0.15) is 0 Å². The number of hydrogen-bond acceptors (Lipinski definition) is 1. The van der Waals surface area contributed by atoms with Crippen LogP contribution in [0.25, 0.3) is 0 Å². The number of aryl methyl sites for hydroxylation is 1. The van der Waals surface area contributed by atoms with Crippen LogP contribution in [0.5, 0.6) is 0 Å². The molecule has 1 N–H and O–H groups in total. The average molecular weight is 312 g/mol. The lowest BCUT2D eigenvalue weighted by Gasteiger charge is -2.13. The summed E-state index contributed by atoms with van der Waals surface area (Å²) in [6, 6.07) is 8.58. The van der Waals surface area contributed by atoms with Gasteiger partial charge in [0.15, 0.2) is 0 Å². The van der Waals surface area contributed by atoms with Gasteiger partial charge in [0.25, 0.3) is 0 Å². The molecule has 1 unspecified atom stereocenters. The van der Waals surface area contributed by atoms with Gasteiger partial charge in [0.1, 0.15) is 0 Å². The van der Waals surface area contributed by atoms with Gasteiger partial charge in [0, 0.05) is 6.54 Å². The number of alkyl halides is 1. The highest BCUT2D eigenvalue weighted by molar-refractivity contribution is 9.10. The van der Waals surface area contributed by atoms with Gasteiger partial charge in [-0.1, -0.05) is 61.0 Å². The highest BCUT2D eigenvalue weighted by atomic mass is 79.9. The molecule has 18 heavy (non-hydrogen) atoms. The summed E-state index contributed by atoms with van der Waals surface area (Å²) >= 11 is 3.40. The summed E-state index contributed by atoms with van der Waals surface area (Å²) < 4.78 is 0. The molecule has 0 aliphatic rings. The Kier molecular flexibility index (Phi) is 6.41. The second-order valence-corrected chi connectivity index (χ2v) is 5.84. The van der Waals surface area contributed by atoms with Crippen LogP contribution in [-0.2, 0) is 17.6 Å². The van der Waals surface area contributed by atoms with Crippen LogP contribution < -0.4 is 5.32 Å². The number of nitrogens with one attached hydrogen (secondary N) is 1. The van der Waals surface area contributed by atoms with Gasteiger partial charge in [-0.3, -0.25) is 4.79 Å². The van der Waals surface area contributed by atoms with E-state index in [0.717, 1.165) is 12.8 Å². The maximum atomic E-state index is 11.7. The molecule has 1 atom stereocenters. The molecule has 100 valence electrons. The first-order valence-corrected chi connectivity index (χ1v) is 7.45. The minimum atomic E-state index is -0.0973. The Labute approximate surface area is 118 Å². The molecule has 0 saturated heterocycles. The Morgan fingerprint density at radius 2 is 1.78 bits per heavy atom. The first kappa shape index (κ1) is 15.2. The molecule has 1 amide bonds. The second-order valence-electron chi connectivity index (χ2n) is 4.86. The highest BCUT2D eigenvalue weighted by Gasteiger charge is 2.17. The SMILES string of the molecule is CCc1ccc(CCNC(=O)C(Br)C(C)C)cc1. The summed E-state index contributed by atoms with van der Waals surface area (Å²) in [7, 11) is 0. The van der Waals surface area contributed by atoms with Crippen molar-refractivity contribution in [1.29, 1.82) is 0 Å². The number of halogens is 1. The van der Waals surface area contributed by atoms with Crippen LogP contribution in [-0.4, -0.2) is 17.3 Å². The van der Waals surface area contributed by atoms with Crippen LogP contribution in [0.3, 0.4) is 0 Å². The normalized spacial score (nSPS) is 12.5. The lowest BCUT2D eigenvalue weighted by atomic mass is 10.1. The van der Waals surface area contributed by atoms with E-state index in [9.17, 15) is 4.79 Å². The van der Waals surface area contributed by atoms with Crippen molar-refractivity contribution in [3.63, 3.8) is 0 Å². The molecule has 1 aromatic carbocycles. The van der Waals surface area contributed by atoms with Crippen LogP contribution in [0.4, 0.5) is 0 Å². The molecule has 0 saturated carbocycles. The predicted octanol–water partition coefficient (Wildman–Crippen LogP) is 3.33. The van der Waals surface area contributed by atoms with Crippen LogP contribution >= 0.6 is 15.9 Å². The number of carbonyl (C=O) groups excluding carboxylic acids is 1. The van der Waals surface area contributed by atoms with E-state index in [1.165, 1.54) is 11.1 Å². The van der Waals surface area contributed by atoms with Crippen molar-refractivity contribution in [2.24, 2.45) is 5.92 Å². The van der Waals surface area contributed by atoms with Gasteiger partial charge in [-0.15, -0.1) is 0 Å². The molecule has 0 heterocycles.